The molecule has 78 heavy (non-hydrogen) atoms. The van der Waals surface area contributed by atoms with E-state index >= 15 is 4.79 Å². The molecule has 23 heteroatoms. The summed E-state index contributed by atoms with van der Waals surface area (Å²) in [6.45, 7) is 12.2. The zero-order chi connectivity index (χ0) is 57.1. The van der Waals surface area contributed by atoms with Gasteiger partial charge >= 0.3 is 5.97 Å². The van der Waals surface area contributed by atoms with Crippen LogP contribution in [0.5, 0.6) is 0 Å². The fraction of sp³-hybridized carbons (Fsp3) is 0.945. The summed E-state index contributed by atoms with van der Waals surface area (Å²) in [6.07, 6.45) is -25.6. The Morgan fingerprint density at radius 3 is 1.90 bits per heavy atom. The number of esters is 1. The Hall–Kier alpha value is -1.63. The van der Waals surface area contributed by atoms with Crippen molar-refractivity contribution < 1.29 is 115 Å². The minimum absolute atomic E-state index is 0.0415. The first-order valence-electron chi connectivity index (χ1n) is 28.3. The van der Waals surface area contributed by atoms with Crippen LogP contribution in [-0.2, 0) is 38.0 Å². The highest BCUT2D eigenvalue weighted by Gasteiger charge is 2.72. The van der Waals surface area contributed by atoms with Crippen molar-refractivity contribution >= 4 is 5.97 Å². The van der Waals surface area contributed by atoms with Crippen molar-refractivity contribution in [2.45, 2.75) is 241 Å². The molecule has 0 unspecified atom stereocenters. The summed E-state index contributed by atoms with van der Waals surface area (Å²) in [7, 11) is 0. The Morgan fingerprint density at radius 1 is 0.628 bits per heavy atom. The van der Waals surface area contributed by atoms with Crippen LogP contribution in [0.25, 0.3) is 0 Å². The van der Waals surface area contributed by atoms with Crippen LogP contribution in [0.15, 0.2) is 11.6 Å². The lowest BCUT2D eigenvalue weighted by Crippen LogP contribution is -2.69. The quantitative estimate of drug-likeness (QED) is 0.0550. The van der Waals surface area contributed by atoms with E-state index in [1.54, 1.807) is 0 Å². The predicted octanol–water partition coefficient (Wildman–Crippen LogP) is -2.40. The van der Waals surface area contributed by atoms with Gasteiger partial charge in [-0.2, -0.15) is 0 Å². The first kappa shape index (κ1) is 60.9. The molecule has 3 aliphatic heterocycles. The van der Waals surface area contributed by atoms with E-state index < -0.39 is 194 Å². The SMILES string of the molecule is C[C@@H]1O[C@@H](O[C@H]2[C@H](OC(=O)[C@]34CCC(C)(C)C[C@H]3C3=CC[C@@H]5[C@@]6(C)C[C@H](O)[C@H](O[C@@H]7O[C@H](CO)[C@@H](O)[C@H](O)[C@H]7O)[C@@](C)(CO)[C@@H]6CC[C@@]5(C)[C@]3(C)CC4)O[C@H](CO[C@@H]3C[C@H](CO)[C@@H](O)[C@H](O)[C@H]3O)[C@@H](O)[C@@H]2O)[C@H](O)[C@H](O)[C@H]1O. The molecule has 0 aromatic heterocycles. The summed E-state index contributed by atoms with van der Waals surface area (Å²) >= 11 is 0. The van der Waals surface area contributed by atoms with Crippen molar-refractivity contribution in [3.63, 3.8) is 0 Å². The van der Waals surface area contributed by atoms with Crippen LogP contribution in [-0.4, -0.2) is 238 Å². The molecule has 0 spiro atoms. The fourth-order valence-corrected chi connectivity index (χ4v) is 16.9. The van der Waals surface area contributed by atoms with Crippen LogP contribution in [0.2, 0.25) is 0 Å². The van der Waals surface area contributed by atoms with Crippen LogP contribution >= 0.6 is 0 Å². The van der Waals surface area contributed by atoms with E-state index in [0.717, 1.165) is 5.57 Å². The summed E-state index contributed by atoms with van der Waals surface area (Å²) in [5.74, 6) is -2.14. The van der Waals surface area contributed by atoms with Crippen LogP contribution in [0.4, 0.5) is 0 Å². The molecule has 9 rings (SSSR count). The number of carbonyl (C=O) groups is 1. The second-order valence-corrected chi connectivity index (χ2v) is 26.8. The van der Waals surface area contributed by atoms with Crippen molar-refractivity contribution in [3.05, 3.63) is 11.6 Å². The average molecular weight is 1120 g/mol. The molecule has 0 radical (unpaired) electrons. The topological polar surface area (TPSA) is 385 Å². The monoisotopic (exact) mass is 1120 g/mol. The van der Waals surface area contributed by atoms with E-state index in [2.05, 4.69) is 40.7 Å². The van der Waals surface area contributed by atoms with Gasteiger partial charge in [0.2, 0.25) is 6.29 Å². The highest BCUT2D eigenvalue weighted by molar-refractivity contribution is 5.79. The number of hydrogen-bond acceptors (Lipinski definition) is 23. The van der Waals surface area contributed by atoms with Crippen molar-refractivity contribution in [2.24, 2.45) is 56.2 Å². The van der Waals surface area contributed by atoms with Crippen LogP contribution in [0.1, 0.15) is 113 Å². The lowest BCUT2D eigenvalue weighted by Gasteiger charge is -2.72. The molecule has 0 aromatic carbocycles. The molecule has 30 atom stereocenters. The third-order valence-corrected chi connectivity index (χ3v) is 22.0. The first-order chi connectivity index (χ1) is 36.5. The molecule has 0 aromatic rings. The Kier molecular flexibility index (Phi) is 17.3. The number of fused-ring (bicyclic) bond motifs is 7. The number of aliphatic hydroxyl groups is 15. The number of allylic oxidation sites excluding steroid dienone is 2. The van der Waals surface area contributed by atoms with E-state index in [-0.39, 0.29) is 36.0 Å². The van der Waals surface area contributed by atoms with Gasteiger partial charge in [-0.25, -0.2) is 0 Å². The molecular weight excluding hydrogens is 1030 g/mol. The summed E-state index contributed by atoms with van der Waals surface area (Å²) in [4.78, 5) is 15.6. The van der Waals surface area contributed by atoms with E-state index in [1.165, 1.54) is 6.92 Å². The smallest absolute Gasteiger partial charge is 0.315 e. The van der Waals surface area contributed by atoms with Crippen molar-refractivity contribution in [3.8, 4) is 0 Å². The summed E-state index contributed by atoms with van der Waals surface area (Å²) in [6, 6.07) is 0. The van der Waals surface area contributed by atoms with Crippen LogP contribution in [0, 0.1) is 56.2 Å². The van der Waals surface area contributed by atoms with Gasteiger partial charge in [-0.3, -0.25) is 4.79 Å². The van der Waals surface area contributed by atoms with Gasteiger partial charge in [0.15, 0.2) is 18.7 Å². The van der Waals surface area contributed by atoms with Crippen molar-refractivity contribution in [1.82, 2.24) is 0 Å². The lowest BCUT2D eigenvalue weighted by molar-refractivity contribution is -0.362. The molecule has 23 nitrogen and oxygen atoms in total. The van der Waals surface area contributed by atoms with E-state index in [4.69, 9.17) is 33.2 Å². The zero-order valence-corrected chi connectivity index (χ0v) is 45.9. The number of rotatable bonds is 12. The van der Waals surface area contributed by atoms with E-state index in [1.807, 2.05) is 6.92 Å². The van der Waals surface area contributed by atoms with Crippen molar-refractivity contribution in [2.75, 3.05) is 26.4 Å². The fourth-order valence-electron chi connectivity index (χ4n) is 16.9. The Morgan fingerprint density at radius 2 is 1.24 bits per heavy atom. The maximum Gasteiger partial charge on any atom is 0.315 e. The molecule has 8 fully saturated rings. The lowest BCUT2D eigenvalue weighted by atomic mass is 9.33. The molecule has 5 saturated carbocycles. The number of ether oxygens (including phenoxy) is 7. The molecule has 3 saturated heterocycles. The Bertz CT molecular complexity index is 2150. The molecule has 0 bridgehead atoms. The summed E-state index contributed by atoms with van der Waals surface area (Å²) < 4.78 is 42.6. The van der Waals surface area contributed by atoms with Crippen molar-refractivity contribution in [1.29, 1.82) is 0 Å². The Balaban J connectivity index is 1.00. The average Bonchev–Trinajstić information content (AvgIpc) is 2.94. The van der Waals surface area contributed by atoms with Gasteiger partial charge in [-0.1, -0.05) is 53.2 Å². The molecule has 9 aliphatic rings. The molecule has 448 valence electrons. The van der Waals surface area contributed by atoms with Crippen LogP contribution in [0.3, 0.4) is 0 Å². The van der Waals surface area contributed by atoms with E-state index in [0.29, 0.717) is 51.4 Å². The van der Waals surface area contributed by atoms with E-state index in [9.17, 15) is 76.6 Å². The summed E-state index contributed by atoms with van der Waals surface area (Å²) in [5.41, 5.74) is -2.83. The standard InChI is InChI=1S/C55H90O23/c1-23-33(60)38(65)42(69)46(73-23)76-44-41(68)37(64)30(21-72-28-16-24(19-56)34(61)39(66)35(28)62)75-48(44)78-49(71)55-14-12-50(2,3)17-26(55)25-8-9-32-51(4)18-27(59)45(77-47-43(70)40(67)36(63)29(20-57)74-47)52(5,22-58)31(51)10-11-54(32,7)53(25,6)13-15-55/h8,23-24,26-48,56-70H,9-22H2,1-7H3/t23-,24+,26-,27-,28+,29+,30+,31+,32+,33-,34+,35-,36+,37+,38+,39-,40-,41-,42+,43+,44+,45-,46-,47-,48-,51-,52-,53+,54+,55-/m0/s1. The normalized spacial score (nSPS) is 55.1. The zero-order valence-electron chi connectivity index (χ0n) is 45.9. The van der Waals surface area contributed by atoms with Gasteiger partial charge in [-0.15, -0.1) is 0 Å². The van der Waals surface area contributed by atoms with Gasteiger partial charge < -0.3 is 110 Å². The Labute approximate surface area is 455 Å². The third-order valence-electron chi connectivity index (χ3n) is 22.0. The molecule has 15 N–H and O–H groups in total. The first-order valence-corrected chi connectivity index (χ1v) is 28.3. The van der Waals surface area contributed by atoms with Gasteiger partial charge in [0.25, 0.3) is 0 Å². The predicted molar refractivity (Wildman–Crippen MR) is 267 cm³/mol. The largest absolute Gasteiger partial charge is 0.432 e. The highest BCUT2D eigenvalue weighted by atomic mass is 16.8. The number of carbonyl (C=O) groups excluding carboxylic acids is 1. The van der Waals surface area contributed by atoms with Gasteiger partial charge in [-0.05, 0) is 111 Å². The molecule has 6 aliphatic carbocycles. The second kappa shape index (κ2) is 22.1. The highest BCUT2D eigenvalue weighted by Crippen LogP contribution is 2.76. The van der Waals surface area contributed by atoms with Crippen LogP contribution < -0.4 is 0 Å². The second-order valence-electron chi connectivity index (χ2n) is 26.8. The molecular formula is C55H90O23. The van der Waals surface area contributed by atoms with Gasteiger partial charge in [0.05, 0.1) is 55.8 Å². The third kappa shape index (κ3) is 9.78. The minimum atomic E-state index is -1.92. The summed E-state index contributed by atoms with van der Waals surface area (Å²) in [5, 5.41) is 163. The van der Waals surface area contributed by atoms with Gasteiger partial charge in [0, 0.05) is 17.9 Å². The molecule has 3 heterocycles. The maximum atomic E-state index is 15.6. The van der Waals surface area contributed by atoms with Gasteiger partial charge in [0.1, 0.15) is 73.2 Å². The number of hydrogen-bond donors (Lipinski definition) is 15. The maximum absolute atomic E-state index is 15.6. The molecule has 0 amide bonds. The minimum Gasteiger partial charge on any atom is -0.432 e. The number of aliphatic hydroxyl groups excluding tert-OH is 15.